The van der Waals surface area contributed by atoms with Crippen molar-refractivity contribution in [1.29, 1.82) is 0 Å². The van der Waals surface area contributed by atoms with E-state index in [4.69, 9.17) is 4.74 Å². The quantitative estimate of drug-likeness (QED) is 0.225. The lowest BCUT2D eigenvalue weighted by Crippen LogP contribution is -2.32. The van der Waals surface area contributed by atoms with E-state index in [1.54, 1.807) is 6.92 Å². The number of hydrogen-bond donors (Lipinski definition) is 1. The average molecular weight is 1180 g/mol. The van der Waals surface area contributed by atoms with Gasteiger partial charge in [0.25, 0.3) is 0 Å². The molecule has 0 radical (unpaired) electrons. The Morgan fingerprint density at radius 2 is 0.357 bits per heavy atom. The molecular formula is C81H158O3. The van der Waals surface area contributed by atoms with Crippen molar-refractivity contribution in [3.63, 3.8) is 0 Å². The van der Waals surface area contributed by atoms with E-state index in [9.17, 15) is 9.90 Å². The lowest BCUT2D eigenvalue weighted by atomic mass is 9.79. The Bertz CT molecular complexity index is 887. The van der Waals surface area contributed by atoms with Gasteiger partial charge < -0.3 is 9.84 Å². The van der Waals surface area contributed by atoms with Crippen molar-refractivity contribution < 1.29 is 14.6 Å². The Balaban J connectivity index is 0.000000533. The molecule has 5 fully saturated rings. The molecule has 84 heavy (non-hydrogen) atoms. The van der Waals surface area contributed by atoms with Gasteiger partial charge in [0.15, 0.2) is 0 Å². The Kier molecular flexibility index (Phi) is 67.3. The molecule has 0 spiro atoms. The van der Waals surface area contributed by atoms with Crippen LogP contribution in [0, 0.1) is 5.41 Å². The molecule has 0 heterocycles. The second kappa shape index (κ2) is 69.6. The highest BCUT2D eigenvalue weighted by atomic mass is 16.5. The molecule has 0 amide bonds. The zero-order chi connectivity index (χ0) is 60.1. The van der Waals surface area contributed by atoms with Crippen molar-refractivity contribution >= 4 is 5.97 Å². The van der Waals surface area contributed by atoms with Crippen LogP contribution in [-0.2, 0) is 9.53 Å². The zero-order valence-electron chi connectivity index (χ0n) is 58.2. The summed E-state index contributed by atoms with van der Waals surface area (Å²) in [5.41, 5.74) is 0.172. The number of rotatable bonds is 4. The summed E-state index contributed by atoms with van der Waals surface area (Å²) < 4.78 is 5.43. The van der Waals surface area contributed by atoms with Gasteiger partial charge in [0, 0.05) is 11.0 Å². The van der Waals surface area contributed by atoms with Crippen LogP contribution in [0.4, 0.5) is 0 Å². The summed E-state index contributed by atoms with van der Waals surface area (Å²) in [7, 11) is 0. The summed E-state index contributed by atoms with van der Waals surface area (Å²) in [5.74, 6) is -0.335. The van der Waals surface area contributed by atoms with Crippen LogP contribution in [0.25, 0.3) is 0 Å². The Hall–Kier alpha value is -0.830. The first-order valence-electron chi connectivity index (χ1n) is 40.0. The highest BCUT2D eigenvalue weighted by Crippen LogP contribution is 2.33. The van der Waals surface area contributed by atoms with Gasteiger partial charge in [-0.2, -0.15) is 0 Å². The fourth-order valence-corrected chi connectivity index (χ4v) is 14.2. The molecule has 1 N–H and O–H groups in total. The first-order chi connectivity index (χ1) is 41.6. The van der Waals surface area contributed by atoms with Crippen LogP contribution < -0.4 is 0 Å². The lowest BCUT2D eigenvalue weighted by molar-refractivity contribution is -0.144. The number of esters is 1. The van der Waals surface area contributed by atoms with Gasteiger partial charge in [0.1, 0.15) is 0 Å². The number of hydrogen-bond acceptors (Lipinski definition) is 3. The minimum Gasteiger partial charge on any atom is -0.462 e. The minimum atomic E-state index is -0.335. The van der Waals surface area contributed by atoms with Crippen molar-refractivity contribution in [2.24, 2.45) is 5.41 Å². The van der Waals surface area contributed by atoms with E-state index in [0.29, 0.717) is 12.2 Å². The molecule has 0 saturated heterocycles. The van der Waals surface area contributed by atoms with Gasteiger partial charge in [-0.05, 0) is 19.8 Å². The first-order valence-corrected chi connectivity index (χ1v) is 40.0. The maximum absolute atomic E-state index is 11.7. The third-order valence-corrected chi connectivity index (χ3v) is 20.4. The zero-order valence-corrected chi connectivity index (χ0v) is 58.2. The largest absolute Gasteiger partial charge is 0.462 e. The standard InChI is InChI=1S/C21H38O3.4C15H30/c1-19(2)20(23)24-18-21(17-22)15-13-11-9-7-5-3-4-6-8-10-12-14-16-21;4*1-2-4-6-8-10-12-14-15-13-11-9-7-5-3-1/h22H,1,3-18H2,2H3;4*1-15H2. The molecule has 5 aliphatic rings. The van der Waals surface area contributed by atoms with Gasteiger partial charge >= 0.3 is 5.97 Å². The fraction of sp³-hybridized carbons (Fsp3) is 0.963. The van der Waals surface area contributed by atoms with Crippen LogP contribution in [0.2, 0.25) is 0 Å². The minimum absolute atomic E-state index is 0.108. The van der Waals surface area contributed by atoms with E-state index in [0.717, 1.165) is 25.7 Å². The summed E-state index contributed by atoms with van der Waals surface area (Å²) >= 11 is 0. The van der Waals surface area contributed by atoms with E-state index < -0.39 is 0 Å². The third kappa shape index (κ3) is 62.8. The monoisotopic (exact) mass is 1180 g/mol. The van der Waals surface area contributed by atoms with Crippen LogP contribution in [0.5, 0.6) is 0 Å². The fourth-order valence-electron chi connectivity index (χ4n) is 14.2. The normalized spacial score (nSPS) is 23.2. The second-order valence-corrected chi connectivity index (χ2v) is 29.0. The topological polar surface area (TPSA) is 46.5 Å². The molecule has 3 heteroatoms. The van der Waals surface area contributed by atoms with Crippen LogP contribution in [-0.4, -0.2) is 24.3 Å². The molecular weight excluding hydrogens is 1020 g/mol. The van der Waals surface area contributed by atoms with Gasteiger partial charge in [-0.1, -0.05) is 469 Å². The molecule has 5 saturated carbocycles. The molecule has 0 bridgehead atoms. The molecule has 0 atom stereocenters. The predicted octanol–water partition coefficient (Wildman–Crippen LogP) is 29.0. The van der Waals surface area contributed by atoms with Crippen LogP contribution in [0.15, 0.2) is 12.2 Å². The van der Waals surface area contributed by atoms with Gasteiger partial charge in [-0.15, -0.1) is 0 Å². The maximum Gasteiger partial charge on any atom is 0.333 e. The molecule has 0 aliphatic heterocycles. The van der Waals surface area contributed by atoms with E-state index in [1.807, 2.05) is 0 Å². The highest BCUT2D eigenvalue weighted by Gasteiger charge is 2.30. The molecule has 3 nitrogen and oxygen atoms in total. The summed E-state index contributed by atoms with van der Waals surface area (Å²) in [5, 5.41) is 10.0. The smallest absolute Gasteiger partial charge is 0.333 e. The van der Waals surface area contributed by atoms with E-state index >= 15 is 0 Å². The van der Waals surface area contributed by atoms with Crippen molar-refractivity contribution in [2.45, 2.75) is 482 Å². The van der Waals surface area contributed by atoms with Crippen LogP contribution in [0.1, 0.15) is 482 Å². The predicted molar refractivity (Wildman–Crippen MR) is 377 cm³/mol. The Labute approximate surface area is 530 Å². The average Bonchev–Trinajstić information content (AvgIpc) is 3.57. The molecule has 0 unspecified atom stereocenters. The SMILES string of the molecule is C1CCCCCCCCCCCCCC1.C1CCCCCCCCCCCCCC1.C1CCCCCCCCCCCCCC1.C1CCCCCCCCCCCCCC1.C=C(C)C(=O)OCC1(CO)CCCCCCCCCCCCCC1. The summed E-state index contributed by atoms with van der Waals surface area (Å²) in [6.07, 6.45) is 107. The number of ether oxygens (including phenoxy) is 1. The molecule has 0 aromatic heterocycles. The second-order valence-electron chi connectivity index (χ2n) is 29.0. The first kappa shape index (κ1) is 81.2. The molecule has 0 aromatic rings. The number of aliphatic hydroxyl groups is 1. The number of carbonyl (C=O) groups excluding carboxylic acids is 1. The number of aliphatic hydroxyl groups excluding tert-OH is 1. The van der Waals surface area contributed by atoms with Gasteiger partial charge in [-0.25, -0.2) is 4.79 Å². The number of carbonyl (C=O) groups is 1. The molecule has 500 valence electrons. The summed E-state index contributed by atoms with van der Waals surface area (Å²) in [4.78, 5) is 11.7. The molecule has 0 aromatic carbocycles. The highest BCUT2D eigenvalue weighted by molar-refractivity contribution is 5.86. The van der Waals surface area contributed by atoms with E-state index in [1.165, 1.54) is 449 Å². The van der Waals surface area contributed by atoms with Gasteiger partial charge in [-0.3, -0.25) is 0 Å². The Morgan fingerprint density at radius 3 is 0.452 bits per heavy atom. The third-order valence-electron chi connectivity index (χ3n) is 20.4. The van der Waals surface area contributed by atoms with E-state index in [2.05, 4.69) is 6.58 Å². The van der Waals surface area contributed by atoms with Crippen LogP contribution in [0.3, 0.4) is 0 Å². The Morgan fingerprint density at radius 1 is 0.250 bits per heavy atom. The van der Waals surface area contributed by atoms with E-state index in [-0.39, 0.29) is 18.0 Å². The lowest BCUT2D eigenvalue weighted by Gasteiger charge is -2.31. The summed E-state index contributed by atoms with van der Waals surface area (Å²) in [6.45, 7) is 5.75. The molecule has 5 aliphatic carbocycles. The van der Waals surface area contributed by atoms with Crippen LogP contribution >= 0.6 is 0 Å². The van der Waals surface area contributed by atoms with Gasteiger partial charge in [0.05, 0.1) is 13.2 Å². The summed E-state index contributed by atoms with van der Waals surface area (Å²) in [6, 6.07) is 0. The van der Waals surface area contributed by atoms with Crippen molar-refractivity contribution in [1.82, 2.24) is 0 Å². The van der Waals surface area contributed by atoms with Crippen molar-refractivity contribution in [3.8, 4) is 0 Å². The van der Waals surface area contributed by atoms with Crippen molar-refractivity contribution in [2.75, 3.05) is 13.2 Å². The molecule has 5 rings (SSSR count). The van der Waals surface area contributed by atoms with Crippen molar-refractivity contribution in [3.05, 3.63) is 12.2 Å². The maximum atomic E-state index is 11.7. The van der Waals surface area contributed by atoms with Gasteiger partial charge in [0.2, 0.25) is 0 Å².